The lowest BCUT2D eigenvalue weighted by molar-refractivity contribution is -0.139. The smallest absolute Gasteiger partial charge is 0.325 e. The Balaban J connectivity index is 3.10. The number of phenolic OH excluding ortho intramolecular Hbond substituents is 1. The quantitative estimate of drug-likeness (QED) is 0.758. The van der Waals surface area contributed by atoms with Crippen molar-refractivity contribution in [2.24, 2.45) is 0 Å². The van der Waals surface area contributed by atoms with Crippen molar-refractivity contribution in [3.8, 4) is 5.75 Å². The van der Waals surface area contributed by atoms with Crippen molar-refractivity contribution < 1.29 is 15.0 Å². The lowest BCUT2D eigenvalue weighted by Gasteiger charge is -2.18. The summed E-state index contributed by atoms with van der Waals surface area (Å²) in [7, 11) is 0. The molecule has 0 radical (unpaired) electrons. The van der Waals surface area contributed by atoms with Crippen molar-refractivity contribution in [2.75, 3.05) is 0 Å². The molecule has 0 aliphatic rings. The highest BCUT2D eigenvalue weighted by molar-refractivity contribution is 6.30. The second-order valence-corrected chi connectivity index (χ2v) is 4.23. The number of hydrogen-bond donors (Lipinski definition) is 3. The summed E-state index contributed by atoms with van der Waals surface area (Å²) in [4.78, 5) is 11.1. The number of carboxylic acids is 1. The van der Waals surface area contributed by atoms with Gasteiger partial charge in [0.2, 0.25) is 0 Å². The molecule has 0 aliphatic carbocycles. The summed E-state index contributed by atoms with van der Waals surface area (Å²) in [6, 6.07) is 3.37. The summed E-state index contributed by atoms with van der Waals surface area (Å²) in [5, 5.41) is 21.9. The third-order valence-electron chi connectivity index (χ3n) is 2.05. The molecule has 1 rings (SSSR count). The zero-order valence-corrected chi connectivity index (χ0v) is 9.82. The van der Waals surface area contributed by atoms with Gasteiger partial charge in [-0.05, 0) is 32.0 Å². The molecule has 0 aromatic heterocycles. The van der Waals surface area contributed by atoms with Crippen molar-refractivity contribution in [1.82, 2.24) is 5.32 Å². The molecule has 0 saturated carbocycles. The second-order valence-electron chi connectivity index (χ2n) is 3.80. The first-order chi connectivity index (χ1) is 7.41. The van der Waals surface area contributed by atoms with Gasteiger partial charge in [0, 0.05) is 16.6 Å². The Labute approximate surface area is 98.9 Å². The molecule has 1 aromatic rings. The highest BCUT2D eigenvalue weighted by Crippen LogP contribution is 2.27. The van der Waals surface area contributed by atoms with E-state index in [1.165, 1.54) is 18.2 Å². The molecule has 0 spiro atoms. The standard InChI is InChI=1S/C11H14ClNO3/c1-6(2)13-10(11(15)16)8-5-7(12)3-4-9(8)14/h3-6,10,13-14H,1-2H3,(H,15,16). The van der Waals surface area contributed by atoms with Crippen LogP contribution in [-0.4, -0.2) is 22.2 Å². The van der Waals surface area contributed by atoms with Crippen LogP contribution in [0.15, 0.2) is 18.2 Å². The first-order valence-electron chi connectivity index (χ1n) is 4.89. The van der Waals surface area contributed by atoms with E-state index in [2.05, 4.69) is 5.32 Å². The largest absolute Gasteiger partial charge is 0.508 e. The monoisotopic (exact) mass is 243 g/mol. The van der Waals surface area contributed by atoms with Gasteiger partial charge in [0.05, 0.1) is 0 Å². The summed E-state index contributed by atoms with van der Waals surface area (Å²) < 4.78 is 0. The van der Waals surface area contributed by atoms with Gasteiger partial charge in [0.25, 0.3) is 0 Å². The number of aliphatic carboxylic acids is 1. The maximum Gasteiger partial charge on any atom is 0.325 e. The minimum absolute atomic E-state index is 0.0144. The number of carboxylic acid groups (broad SMARTS) is 1. The average Bonchev–Trinajstić information content (AvgIpc) is 2.18. The van der Waals surface area contributed by atoms with Gasteiger partial charge in [-0.2, -0.15) is 0 Å². The SMILES string of the molecule is CC(C)NC(C(=O)O)c1cc(Cl)ccc1O. The third kappa shape index (κ3) is 3.12. The molecule has 0 aliphatic heterocycles. The molecule has 4 nitrogen and oxygen atoms in total. The maximum atomic E-state index is 11.1. The molecular formula is C11H14ClNO3. The zero-order chi connectivity index (χ0) is 12.3. The summed E-state index contributed by atoms with van der Waals surface area (Å²) in [6.07, 6.45) is 0. The molecule has 5 heteroatoms. The number of aromatic hydroxyl groups is 1. The van der Waals surface area contributed by atoms with Crippen LogP contribution in [0.2, 0.25) is 5.02 Å². The van der Waals surface area contributed by atoms with Crippen LogP contribution < -0.4 is 5.32 Å². The molecule has 0 heterocycles. The lowest BCUT2D eigenvalue weighted by atomic mass is 10.1. The van der Waals surface area contributed by atoms with Crippen LogP contribution >= 0.6 is 11.6 Å². The van der Waals surface area contributed by atoms with Gasteiger partial charge in [-0.1, -0.05) is 11.6 Å². The van der Waals surface area contributed by atoms with Crippen molar-refractivity contribution in [3.63, 3.8) is 0 Å². The van der Waals surface area contributed by atoms with E-state index in [9.17, 15) is 9.90 Å². The normalized spacial score (nSPS) is 12.8. The highest BCUT2D eigenvalue weighted by atomic mass is 35.5. The fourth-order valence-corrected chi connectivity index (χ4v) is 1.56. The first kappa shape index (κ1) is 12.8. The van der Waals surface area contributed by atoms with Crippen LogP contribution in [0.25, 0.3) is 0 Å². The minimum Gasteiger partial charge on any atom is -0.508 e. The predicted octanol–water partition coefficient (Wildman–Crippen LogP) is 2.17. The van der Waals surface area contributed by atoms with Crippen LogP contribution in [0.5, 0.6) is 5.75 Å². The molecule has 3 N–H and O–H groups in total. The zero-order valence-electron chi connectivity index (χ0n) is 9.07. The Hall–Kier alpha value is -1.26. The molecule has 1 aromatic carbocycles. The molecular weight excluding hydrogens is 230 g/mol. The van der Waals surface area contributed by atoms with Gasteiger partial charge >= 0.3 is 5.97 Å². The Morgan fingerprint density at radius 3 is 2.56 bits per heavy atom. The minimum atomic E-state index is -1.05. The molecule has 0 fully saturated rings. The molecule has 0 bridgehead atoms. The van der Waals surface area contributed by atoms with Crippen molar-refractivity contribution >= 4 is 17.6 Å². The van der Waals surface area contributed by atoms with E-state index in [4.69, 9.17) is 16.7 Å². The summed E-state index contributed by atoms with van der Waals surface area (Å²) in [5.74, 6) is -1.13. The van der Waals surface area contributed by atoms with Gasteiger partial charge in [-0.25, -0.2) is 0 Å². The summed E-state index contributed by atoms with van der Waals surface area (Å²) >= 11 is 5.77. The van der Waals surface area contributed by atoms with Crippen molar-refractivity contribution in [2.45, 2.75) is 25.9 Å². The Kier molecular flexibility index (Phi) is 4.15. The number of phenols is 1. The van der Waals surface area contributed by atoms with Crippen LogP contribution in [0.3, 0.4) is 0 Å². The number of carbonyl (C=O) groups is 1. The van der Waals surface area contributed by atoms with E-state index in [0.29, 0.717) is 5.02 Å². The van der Waals surface area contributed by atoms with Crippen LogP contribution in [0, 0.1) is 0 Å². The van der Waals surface area contributed by atoms with Crippen molar-refractivity contribution in [3.05, 3.63) is 28.8 Å². The fraction of sp³-hybridized carbons (Fsp3) is 0.364. The number of nitrogens with one attached hydrogen (secondary N) is 1. The molecule has 88 valence electrons. The van der Waals surface area contributed by atoms with E-state index in [1.807, 2.05) is 13.8 Å². The highest BCUT2D eigenvalue weighted by Gasteiger charge is 2.23. The van der Waals surface area contributed by atoms with E-state index in [1.54, 1.807) is 0 Å². The Morgan fingerprint density at radius 2 is 2.06 bits per heavy atom. The molecule has 16 heavy (non-hydrogen) atoms. The van der Waals surface area contributed by atoms with Gasteiger partial charge in [0.1, 0.15) is 11.8 Å². The van der Waals surface area contributed by atoms with Crippen LogP contribution in [0.1, 0.15) is 25.5 Å². The van der Waals surface area contributed by atoms with E-state index in [0.717, 1.165) is 0 Å². The van der Waals surface area contributed by atoms with Gasteiger partial charge in [-0.15, -0.1) is 0 Å². The van der Waals surface area contributed by atoms with E-state index in [-0.39, 0.29) is 17.4 Å². The maximum absolute atomic E-state index is 11.1. The van der Waals surface area contributed by atoms with Gasteiger partial charge in [0.15, 0.2) is 0 Å². The fourth-order valence-electron chi connectivity index (χ4n) is 1.38. The van der Waals surface area contributed by atoms with Crippen LogP contribution in [-0.2, 0) is 4.79 Å². The third-order valence-corrected chi connectivity index (χ3v) is 2.28. The topological polar surface area (TPSA) is 69.6 Å². The van der Waals surface area contributed by atoms with E-state index < -0.39 is 12.0 Å². The number of halogens is 1. The first-order valence-corrected chi connectivity index (χ1v) is 5.27. The Morgan fingerprint density at radius 1 is 1.44 bits per heavy atom. The lowest BCUT2D eigenvalue weighted by Crippen LogP contribution is -2.33. The van der Waals surface area contributed by atoms with Gasteiger partial charge < -0.3 is 10.2 Å². The average molecular weight is 244 g/mol. The molecule has 1 unspecified atom stereocenters. The summed E-state index contributed by atoms with van der Waals surface area (Å²) in [6.45, 7) is 3.66. The van der Waals surface area contributed by atoms with E-state index >= 15 is 0 Å². The molecule has 1 atom stereocenters. The van der Waals surface area contributed by atoms with Crippen molar-refractivity contribution in [1.29, 1.82) is 0 Å². The predicted molar refractivity (Wildman–Crippen MR) is 61.8 cm³/mol. The number of benzene rings is 1. The number of hydrogen-bond acceptors (Lipinski definition) is 3. The second kappa shape index (κ2) is 5.18. The summed E-state index contributed by atoms with van der Waals surface area (Å²) in [5.41, 5.74) is 0.272. The molecule has 0 amide bonds. The molecule has 0 saturated heterocycles. The number of rotatable bonds is 4. The van der Waals surface area contributed by atoms with Crippen LogP contribution in [0.4, 0.5) is 0 Å². The Bertz CT molecular complexity index is 393. The van der Waals surface area contributed by atoms with Gasteiger partial charge in [-0.3, -0.25) is 10.1 Å².